The number of nitrogens with one attached hydrogen (secondary N) is 1. The van der Waals surface area contributed by atoms with Crippen molar-refractivity contribution in [2.45, 2.75) is 32.2 Å². The Morgan fingerprint density at radius 3 is 2.85 bits per heavy atom. The van der Waals surface area contributed by atoms with Gasteiger partial charge in [-0.05, 0) is 44.4 Å². The third-order valence-electron chi connectivity index (χ3n) is 2.91. The molecule has 0 amide bonds. The van der Waals surface area contributed by atoms with Gasteiger partial charge in [0.1, 0.15) is 0 Å². The van der Waals surface area contributed by atoms with Crippen LogP contribution in [0.1, 0.15) is 31.2 Å². The van der Waals surface area contributed by atoms with Gasteiger partial charge in [0, 0.05) is 12.6 Å². The van der Waals surface area contributed by atoms with E-state index in [9.17, 15) is 10.1 Å². The van der Waals surface area contributed by atoms with Gasteiger partial charge in [-0.2, -0.15) is 0 Å². The quantitative estimate of drug-likeness (QED) is 0.308. The number of benzene rings is 1. The normalized spacial score (nSPS) is 10.2. The van der Waals surface area contributed by atoms with Gasteiger partial charge >= 0.3 is 5.69 Å². The number of rotatable bonds is 10. The number of unbranched alkanes of at least 4 members (excludes halogenated alkanes) is 3. The second-order valence-electron chi connectivity index (χ2n) is 4.58. The number of ether oxygens (including phenoxy) is 1. The maximum absolute atomic E-state index is 11.0. The number of hydrogen-bond donors (Lipinski definition) is 1. The van der Waals surface area contributed by atoms with E-state index in [1.54, 1.807) is 19.2 Å². The highest BCUT2D eigenvalue weighted by Gasteiger charge is 2.15. The van der Waals surface area contributed by atoms with Gasteiger partial charge in [-0.15, -0.1) is 6.58 Å². The summed E-state index contributed by atoms with van der Waals surface area (Å²) in [5.41, 5.74) is 0.904. The molecule has 110 valence electrons. The van der Waals surface area contributed by atoms with Crippen molar-refractivity contribution in [1.82, 2.24) is 5.32 Å². The van der Waals surface area contributed by atoms with Crippen LogP contribution in [0.2, 0.25) is 0 Å². The van der Waals surface area contributed by atoms with E-state index in [0.717, 1.165) is 31.2 Å². The molecule has 5 nitrogen and oxygen atoms in total. The lowest BCUT2D eigenvalue weighted by molar-refractivity contribution is -0.385. The van der Waals surface area contributed by atoms with E-state index < -0.39 is 4.92 Å². The van der Waals surface area contributed by atoms with Crippen molar-refractivity contribution in [3.05, 3.63) is 46.5 Å². The Morgan fingerprint density at radius 2 is 2.20 bits per heavy atom. The van der Waals surface area contributed by atoms with Gasteiger partial charge in [0.2, 0.25) is 0 Å². The van der Waals surface area contributed by atoms with Crippen molar-refractivity contribution < 1.29 is 9.66 Å². The van der Waals surface area contributed by atoms with Crippen LogP contribution < -0.4 is 10.1 Å². The van der Waals surface area contributed by atoms with Crippen LogP contribution in [0.25, 0.3) is 0 Å². The third-order valence-corrected chi connectivity index (χ3v) is 2.91. The van der Waals surface area contributed by atoms with Crippen molar-refractivity contribution in [2.75, 3.05) is 13.7 Å². The molecule has 0 aliphatic carbocycles. The number of nitro groups is 1. The minimum Gasteiger partial charge on any atom is -0.487 e. The molecule has 20 heavy (non-hydrogen) atoms. The largest absolute Gasteiger partial charge is 0.487 e. The number of nitrogens with zero attached hydrogens (tertiary/aromatic N) is 1. The van der Waals surface area contributed by atoms with Crippen LogP contribution in [0, 0.1) is 10.1 Å². The van der Waals surface area contributed by atoms with Gasteiger partial charge in [-0.25, -0.2) is 0 Å². The minimum absolute atomic E-state index is 0.0313. The molecule has 0 aliphatic heterocycles. The number of hydrogen-bond acceptors (Lipinski definition) is 4. The zero-order valence-corrected chi connectivity index (χ0v) is 11.9. The highest BCUT2D eigenvalue weighted by Crippen LogP contribution is 2.28. The molecule has 5 heteroatoms. The van der Waals surface area contributed by atoms with E-state index in [1.807, 2.05) is 12.1 Å². The van der Waals surface area contributed by atoms with Crippen LogP contribution in [0.5, 0.6) is 5.75 Å². The van der Waals surface area contributed by atoms with Crippen LogP contribution in [0.15, 0.2) is 30.9 Å². The molecule has 0 saturated heterocycles. The molecular formula is C15H22N2O3. The fraction of sp³-hybridized carbons (Fsp3) is 0.467. The molecule has 0 aliphatic rings. The van der Waals surface area contributed by atoms with Crippen LogP contribution in [-0.2, 0) is 6.54 Å². The van der Waals surface area contributed by atoms with Gasteiger partial charge in [0.15, 0.2) is 5.75 Å². The second-order valence-corrected chi connectivity index (χ2v) is 4.58. The molecular weight excluding hydrogens is 256 g/mol. The smallest absolute Gasteiger partial charge is 0.311 e. The van der Waals surface area contributed by atoms with Gasteiger partial charge in [-0.3, -0.25) is 10.1 Å². The van der Waals surface area contributed by atoms with Gasteiger partial charge in [0.25, 0.3) is 0 Å². The monoisotopic (exact) mass is 278 g/mol. The molecule has 0 heterocycles. The Hall–Kier alpha value is -1.88. The summed E-state index contributed by atoms with van der Waals surface area (Å²) in [7, 11) is 1.81. The van der Waals surface area contributed by atoms with Gasteiger partial charge < -0.3 is 10.1 Å². The standard InChI is InChI=1S/C15H22N2O3/c1-3-4-5-6-7-10-20-15-9-8-13(12-16-2)11-14(15)17(18)19/h3,8-9,11,16H,1,4-7,10,12H2,2H3. The molecule has 0 spiro atoms. The molecule has 1 N–H and O–H groups in total. The first-order chi connectivity index (χ1) is 9.69. The maximum Gasteiger partial charge on any atom is 0.311 e. The van der Waals surface area contributed by atoms with Gasteiger partial charge in [-0.1, -0.05) is 12.1 Å². The van der Waals surface area contributed by atoms with Crippen molar-refractivity contribution in [1.29, 1.82) is 0 Å². The summed E-state index contributed by atoms with van der Waals surface area (Å²) in [4.78, 5) is 10.6. The van der Waals surface area contributed by atoms with E-state index in [1.165, 1.54) is 0 Å². The lowest BCUT2D eigenvalue weighted by atomic mass is 10.2. The lowest BCUT2D eigenvalue weighted by Crippen LogP contribution is -2.06. The summed E-state index contributed by atoms with van der Waals surface area (Å²) < 4.78 is 5.52. The fourth-order valence-corrected chi connectivity index (χ4v) is 1.89. The molecule has 0 aromatic heterocycles. The summed E-state index contributed by atoms with van der Waals surface area (Å²) in [5.74, 6) is 0.346. The van der Waals surface area contributed by atoms with E-state index >= 15 is 0 Å². The lowest BCUT2D eigenvalue weighted by Gasteiger charge is -2.08. The third kappa shape index (κ3) is 5.40. The Kier molecular flexibility index (Phi) is 7.35. The van der Waals surface area contributed by atoms with Crippen LogP contribution >= 0.6 is 0 Å². The second kappa shape index (κ2) is 9.09. The zero-order chi connectivity index (χ0) is 14.8. The number of nitro benzene ring substituents is 1. The highest BCUT2D eigenvalue weighted by atomic mass is 16.6. The molecule has 0 bridgehead atoms. The number of allylic oxidation sites excluding steroid dienone is 1. The van der Waals surface area contributed by atoms with Crippen LogP contribution in [0.3, 0.4) is 0 Å². The average molecular weight is 278 g/mol. The fourth-order valence-electron chi connectivity index (χ4n) is 1.89. The minimum atomic E-state index is -0.397. The van der Waals surface area contributed by atoms with Gasteiger partial charge in [0.05, 0.1) is 11.5 Å². The average Bonchev–Trinajstić information content (AvgIpc) is 2.44. The first-order valence-electron chi connectivity index (χ1n) is 6.84. The highest BCUT2D eigenvalue weighted by molar-refractivity contribution is 5.48. The summed E-state index contributed by atoms with van der Waals surface area (Å²) in [6.45, 7) is 4.77. The Labute approximate surface area is 119 Å². The molecule has 1 rings (SSSR count). The Morgan fingerprint density at radius 1 is 1.40 bits per heavy atom. The van der Waals surface area contributed by atoms with Crippen LogP contribution in [0.4, 0.5) is 5.69 Å². The first-order valence-corrected chi connectivity index (χ1v) is 6.84. The molecule has 0 saturated carbocycles. The van der Waals surface area contributed by atoms with E-state index in [0.29, 0.717) is 18.9 Å². The van der Waals surface area contributed by atoms with Crippen molar-refractivity contribution >= 4 is 5.69 Å². The molecule has 0 radical (unpaired) electrons. The summed E-state index contributed by atoms with van der Waals surface area (Å²) in [5, 5.41) is 14.0. The summed E-state index contributed by atoms with van der Waals surface area (Å²) >= 11 is 0. The Balaban J connectivity index is 2.55. The van der Waals surface area contributed by atoms with Crippen molar-refractivity contribution in [3.8, 4) is 5.75 Å². The molecule has 0 unspecified atom stereocenters. The summed E-state index contributed by atoms with van der Waals surface area (Å²) in [6, 6.07) is 5.08. The van der Waals surface area contributed by atoms with E-state index in [2.05, 4.69) is 11.9 Å². The predicted molar refractivity (Wildman–Crippen MR) is 80.0 cm³/mol. The van der Waals surface area contributed by atoms with Crippen molar-refractivity contribution in [3.63, 3.8) is 0 Å². The first kappa shape index (κ1) is 16.2. The SMILES string of the molecule is C=CCCCCCOc1ccc(CNC)cc1[N+](=O)[O-]. The molecule has 0 fully saturated rings. The topological polar surface area (TPSA) is 64.4 Å². The zero-order valence-electron chi connectivity index (χ0n) is 11.9. The maximum atomic E-state index is 11.0. The van der Waals surface area contributed by atoms with Crippen LogP contribution in [-0.4, -0.2) is 18.6 Å². The predicted octanol–water partition coefficient (Wildman–Crippen LogP) is 3.44. The molecule has 1 aromatic rings. The van der Waals surface area contributed by atoms with Crippen molar-refractivity contribution in [2.24, 2.45) is 0 Å². The Bertz CT molecular complexity index is 447. The summed E-state index contributed by atoms with van der Waals surface area (Å²) in [6.07, 6.45) is 5.90. The molecule has 0 atom stereocenters. The van der Waals surface area contributed by atoms with E-state index in [4.69, 9.17) is 4.74 Å². The molecule has 1 aromatic carbocycles. The van der Waals surface area contributed by atoms with E-state index in [-0.39, 0.29) is 5.69 Å².